The minimum Gasteiger partial charge on any atom is -0.383 e. The molecule has 0 aliphatic carbocycles. The van der Waals surface area contributed by atoms with Gasteiger partial charge in [0.1, 0.15) is 5.82 Å². The summed E-state index contributed by atoms with van der Waals surface area (Å²) in [5.41, 5.74) is 10.4. The number of para-hydroxylation sites is 1. The molecule has 35 heavy (non-hydrogen) atoms. The quantitative estimate of drug-likeness (QED) is 0.340. The highest BCUT2D eigenvalue weighted by atomic mass is 16.3. The van der Waals surface area contributed by atoms with Crippen molar-refractivity contribution in [2.24, 2.45) is 7.05 Å². The van der Waals surface area contributed by atoms with Crippen molar-refractivity contribution in [3.63, 3.8) is 0 Å². The molecule has 9 nitrogen and oxygen atoms in total. The Bertz CT molecular complexity index is 1430. The van der Waals surface area contributed by atoms with Crippen LogP contribution < -0.4 is 16.4 Å². The molecule has 2 heterocycles. The van der Waals surface area contributed by atoms with E-state index >= 15 is 0 Å². The van der Waals surface area contributed by atoms with Crippen molar-refractivity contribution in [1.29, 1.82) is 0 Å². The number of rotatable bonds is 6. The molecule has 4 rings (SSSR count). The molecular weight excluding hydrogens is 444 g/mol. The van der Waals surface area contributed by atoms with Crippen LogP contribution in [-0.2, 0) is 11.8 Å². The third-order valence-electron chi connectivity index (χ3n) is 5.72. The number of pyridine rings is 1. The molecule has 0 spiro atoms. The van der Waals surface area contributed by atoms with Gasteiger partial charge in [0.2, 0.25) is 0 Å². The van der Waals surface area contributed by atoms with Crippen molar-refractivity contribution >= 4 is 34.2 Å². The van der Waals surface area contributed by atoms with Gasteiger partial charge in [0.25, 0.3) is 11.8 Å². The first-order valence-corrected chi connectivity index (χ1v) is 11.2. The molecule has 0 radical (unpaired) electrons. The molecule has 5 N–H and O–H groups in total. The van der Waals surface area contributed by atoms with Gasteiger partial charge in [0, 0.05) is 41.5 Å². The number of hydrogen-bond donors (Lipinski definition) is 4. The second-order valence-electron chi connectivity index (χ2n) is 8.76. The molecule has 2 aromatic heterocycles. The summed E-state index contributed by atoms with van der Waals surface area (Å²) in [6, 6.07) is 12.4. The Labute approximate surface area is 203 Å². The van der Waals surface area contributed by atoms with E-state index < -0.39 is 12.0 Å². The van der Waals surface area contributed by atoms with Crippen LogP contribution in [0.15, 0.2) is 54.9 Å². The van der Waals surface area contributed by atoms with Crippen molar-refractivity contribution in [2.45, 2.75) is 32.9 Å². The van der Waals surface area contributed by atoms with E-state index in [0.29, 0.717) is 22.3 Å². The molecule has 0 fully saturated rings. The number of aliphatic hydroxyl groups excluding tert-OH is 1. The maximum Gasteiger partial charge on any atom is 0.257 e. The summed E-state index contributed by atoms with van der Waals surface area (Å²) in [6.45, 7) is 5.63. The Morgan fingerprint density at radius 3 is 2.60 bits per heavy atom. The van der Waals surface area contributed by atoms with Crippen LogP contribution in [0.1, 0.15) is 41.4 Å². The number of hydrogen-bond acceptors (Lipinski definition) is 6. The van der Waals surface area contributed by atoms with Gasteiger partial charge in [-0.2, -0.15) is 5.10 Å². The Morgan fingerprint density at radius 1 is 1.11 bits per heavy atom. The van der Waals surface area contributed by atoms with Gasteiger partial charge in [0.15, 0.2) is 6.10 Å². The average Bonchev–Trinajstić information content (AvgIpc) is 3.19. The molecule has 2 amide bonds. The molecule has 9 heteroatoms. The monoisotopic (exact) mass is 472 g/mol. The topological polar surface area (TPSA) is 135 Å². The van der Waals surface area contributed by atoms with Gasteiger partial charge >= 0.3 is 0 Å². The first kappa shape index (κ1) is 23.9. The average molecular weight is 473 g/mol. The number of amides is 2. The van der Waals surface area contributed by atoms with E-state index in [1.807, 2.05) is 32.9 Å². The maximum absolute atomic E-state index is 12.8. The van der Waals surface area contributed by atoms with Gasteiger partial charge in [-0.05, 0) is 50.1 Å². The van der Waals surface area contributed by atoms with E-state index in [1.165, 1.54) is 0 Å². The smallest absolute Gasteiger partial charge is 0.257 e. The van der Waals surface area contributed by atoms with Crippen LogP contribution in [0.5, 0.6) is 0 Å². The van der Waals surface area contributed by atoms with Crippen LogP contribution in [0.4, 0.5) is 11.5 Å². The lowest BCUT2D eigenvalue weighted by atomic mass is 9.99. The summed E-state index contributed by atoms with van der Waals surface area (Å²) in [6.07, 6.45) is 1.94. The number of carbonyl (C=O) groups is 2. The number of anilines is 2. The minimum atomic E-state index is -1.36. The number of carbonyl (C=O) groups excluding carboxylic acids is 2. The van der Waals surface area contributed by atoms with E-state index in [1.54, 1.807) is 54.5 Å². The van der Waals surface area contributed by atoms with E-state index in [0.717, 1.165) is 22.1 Å². The fourth-order valence-corrected chi connectivity index (χ4v) is 4.05. The SMILES string of the molecule is Cc1cc(NC(=O)C(O)c2cccc3cnn(C)c23)ccc1-c1cnc(N)c(C(=O)NC(C)C)c1. The fraction of sp³-hybridized carbons (Fsp3) is 0.231. The Kier molecular flexibility index (Phi) is 6.52. The second kappa shape index (κ2) is 9.55. The van der Waals surface area contributed by atoms with E-state index in [4.69, 9.17) is 5.73 Å². The normalized spacial score (nSPS) is 12.1. The molecule has 1 unspecified atom stereocenters. The van der Waals surface area contributed by atoms with Crippen LogP contribution in [0.2, 0.25) is 0 Å². The highest BCUT2D eigenvalue weighted by Crippen LogP contribution is 2.29. The molecule has 0 aliphatic heterocycles. The first-order valence-electron chi connectivity index (χ1n) is 11.2. The number of nitrogen functional groups attached to an aromatic ring is 1. The maximum atomic E-state index is 12.8. The zero-order chi connectivity index (χ0) is 25.3. The van der Waals surface area contributed by atoms with Crippen molar-refractivity contribution in [2.75, 3.05) is 11.1 Å². The van der Waals surface area contributed by atoms with E-state index in [2.05, 4.69) is 20.7 Å². The van der Waals surface area contributed by atoms with Crippen molar-refractivity contribution < 1.29 is 14.7 Å². The summed E-state index contributed by atoms with van der Waals surface area (Å²) in [5, 5.41) is 21.4. The van der Waals surface area contributed by atoms with Crippen molar-refractivity contribution in [3.8, 4) is 11.1 Å². The summed E-state index contributed by atoms with van der Waals surface area (Å²) in [7, 11) is 1.77. The second-order valence-corrected chi connectivity index (χ2v) is 8.76. The molecular formula is C26H28N6O3. The molecule has 180 valence electrons. The lowest BCUT2D eigenvalue weighted by Gasteiger charge is -2.15. The molecule has 2 aromatic carbocycles. The van der Waals surface area contributed by atoms with Crippen molar-refractivity contribution in [3.05, 3.63) is 71.5 Å². The van der Waals surface area contributed by atoms with Crippen LogP contribution >= 0.6 is 0 Å². The number of nitrogens with two attached hydrogens (primary N) is 1. The van der Waals surface area contributed by atoms with Gasteiger partial charge in [-0.1, -0.05) is 24.3 Å². The number of benzene rings is 2. The predicted octanol–water partition coefficient (Wildman–Crippen LogP) is 3.34. The van der Waals surface area contributed by atoms with Crippen LogP contribution in [-0.4, -0.2) is 37.7 Å². The predicted molar refractivity (Wildman–Crippen MR) is 136 cm³/mol. The van der Waals surface area contributed by atoms with Crippen LogP contribution in [0.25, 0.3) is 22.0 Å². The molecule has 0 aliphatic rings. The zero-order valence-corrected chi connectivity index (χ0v) is 20.0. The van der Waals surface area contributed by atoms with Gasteiger partial charge in [-0.25, -0.2) is 4.98 Å². The van der Waals surface area contributed by atoms with Crippen LogP contribution in [0.3, 0.4) is 0 Å². The third-order valence-corrected chi connectivity index (χ3v) is 5.72. The highest BCUT2D eigenvalue weighted by Gasteiger charge is 2.22. The number of aryl methyl sites for hydroxylation is 2. The van der Waals surface area contributed by atoms with Crippen LogP contribution in [0, 0.1) is 6.92 Å². The van der Waals surface area contributed by atoms with E-state index in [9.17, 15) is 14.7 Å². The highest BCUT2D eigenvalue weighted by molar-refractivity contribution is 6.00. The van der Waals surface area contributed by atoms with Crippen molar-refractivity contribution in [1.82, 2.24) is 20.1 Å². The fourth-order valence-electron chi connectivity index (χ4n) is 4.05. The summed E-state index contributed by atoms with van der Waals surface area (Å²) >= 11 is 0. The molecule has 0 saturated heterocycles. The lowest BCUT2D eigenvalue weighted by Crippen LogP contribution is -2.30. The molecule has 4 aromatic rings. The zero-order valence-electron chi connectivity index (χ0n) is 20.0. The summed E-state index contributed by atoms with van der Waals surface area (Å²) < 4.78 is 1.64. The Morgan fingerprint density at radius 2 is 1.89 bits per heavy atom. The number of nitrogens with one attached hydrogen (secondary N) is 2. The summed E-state index contributed by atoms with van der Waals surface area (Å²) in [4.78, 5) is 29.5. The lowest BCUT2D eigenvalue weighted by molar-refractivity contribution is -0.124. The standard InChI is InChI=1S/C26H28N6O3/c1-14(2)30-25(34)21-11-17(12-28-24(21)27)19-9-8-18(10-15(19)3)31-26(35)23(33)20-7-5-6-16-13-29-32(4)22(16)20/h5-14,23,33H,1-4H3,(H2,27,28)(H,30,34)(H,31,35). The first-order chi connectivity index (χ1) is 16.7. The molecule has 1 atom stereocenters. The largest absolute Gasteiger partial charge is 0.383 e. The van der Waals surface area contributed by atoms with E-state index in [-0.39, 0.29) is 17.8 Å². The number of aromatic nitrogens is 3. The molecule has 0 bridgehead atoms. The number of aliphatic hydroxyl groups is 1. The molecule has 0 saturated carbocycles. The minimum absolute atomic E-state index is 0.0320. The van der Waals surface area contributed by atoms with Gasteiger partial charge in [-0.3, -0.25) is 14.3 Å². The Balaban J connectivity index is 1.56. The Hall–Kier alpha value is -4.24. The summed E-state index contributed by atoms with van der Waals surface area (Å²) in [5.74, 6) is -0.677. The van der Waals surface area contributed by atoms with Gasteiger partial charge < -0.3 is 21.5 Å². The van der Waals surface area contributed by atoms with Gasteiger partial charge in [0.05, 0.1) is 17.3 Å². The number of fused-ring (bicyclic) bond motifs is 1. The third kappa shape index (κ3) is 4.85. The number of nitrogens with zero attached hydrogens (tertiary/aromatic N) is 3. The van der Waals surface area contributed by atoms with Gasteiger partial charge in [-0.15, -0.1) is 0 Å².